The molecule has 0 heterocycles. The molecule has 2 aromatic carbocycles. The number of benzene rings is 2. The van der Waals surface area contributed by atoms with Crippen molar-refractivity contribution in [1.82, 2.24) is 0 Å². The Hall–Kier alpha value is -3.86. The number of nitrogens with one attached hydrogen (secondary N) is 1. The van der Waals surface area contributed by atoms with Crippen LogP contribution in [0.2, 0.25) is 0 Å². The first-order chi connectivity index (χ1) is 13.4. The molecule has 0 bridgehead atoms. The van der Waals surface area contributed by atoms with E-state index in [1.54, 1.807) is 24.3 Å². The molecule has 1 atom stereocenters. The molecule has 0 spiro atoms. The van der Waals surface area contributed by atoms with E-state index in [1.165, 1.54) is 38.3 Å². The van der Waals surface area contributed by atoms with Crippen molar-refractivity contribution in [3.63, 3.8) is 0 Å². The Morgan fingerprint density at radius 2 is 1.71 bits per heavy atom. The van der Waals surface area contributed by atoms with Crippen LogP contribution in [0.25, 0.3) is 0 Å². The monoisotopic (exact) mass is 382 g/mol. The first kappa shape index (κ1) is 20.5. The highest BCUT2D eigenvalue weighted by Gasteiger charge is 2.18. The van der Waals surface area contributed by atoms with E-state index in [1.807, 2.05) is 6.07 Å². The summed E-state index contributed by atoms with van der Waals surface area (Å²) < 4.78 is 14.9. The predicted molar refractivity (Wildman–Crippen MR) is 98.6 cm³/mol. The zero-order valence-corrected chi connectivity index (χ0v) is 15.3. The first-order valence-corrected chi connectivity index (χ1v) is 8.24. The van der Waals surface area contributed by atoms with E-state index in [9.17, 15) is 14.4 Å². The molecule has 0 unspecified atom stereocenters. The predicted octanol–water partition coefficient (Wildman–Crippen LogP) is 2.29. The topological polar surface area (TPSA) is 115 Å². The standard InChI is InChI=1S/C20H18N2O6/c1-13(28-17-9-3-14(11-21)4-10-17)19(24)27-12-18(23)22-16-7-5-15(6-8-16)20(25)26-2/h3-10,13H,12H2,1-2H3,(H,22,23)/t13-/m0/s1. The summed E-state index contributed by atoms with van der Waals surface area (Å²) >= 11 is 0. The molecule has 0 aliphatic rings. The quantitative estimate of drug-likeness (QED) is 0.731. The SMILES string of the molecule is COC(=O)c1ccc(NC(=O)COC(=O)[C@H](C)Oc2ccc(C#N)cc2)cc1. The van der Waals surface area contributed by atoms with E-state index in [0.717, 1.165) is 0 Å². The van der Waals surface area contributed by atoms with E-state index >= 15 is 0 Å². The van der Waals surface area contributed by atoms with Gasteiger partial charge in [0.15, 0.2) is 12.7 Å². The normalized spacial score (nSPS) is 10.9. The van der Waals surface area contributed by atoms with Crippen LogP contribution in [0.4, 0.5) is 5.69 Å². The third kappa shape index (κ3) is 5.85. The van der Waals surface area contributed by atoms with Gasteiger partial charge in [-0.05, 0) is 55.5 Å². The third-order valence-electron chi connectivity index (χ3n) is 3.56. The summed E-state index contributed by atoms with van der Waals surface area (Å²) in [5, 5.41) is 11.3. The molecule has 0 saturated carbocycles. The van der Waals surface area contributed by atoms with Crippen molar-refractivity contribution >= 4 is 23.5 Å². The van der Waals surface area contributed by atoms with Gasteiger partial charge in [0.1, 0.15) is 5.75 Å². The highest BCUT2D eigenvalue weighted by atomic mass is 16.6. The fraction of sp³-hybridized carbons (Fsp3) is 0.200. The molecular weight excluding hydrogens is 364 g/mol. The number of nitrogens with zero attached hydrogens (tertiary/aromatic N) is 1. The number of hydrogen-bond acceptors (Lipinski definition) is 7. The summed E-state index contributed by atoms with van der Waals surface area (Å²) in [6, 6.07) is 14.3. The third-order valence-corrected chi connectivity index (χ3v) is 3.56. The highest BCUT2D eigenvalue weighted by molar-refractivity contribution is 5.94. The maximum Gasteiger partial charge on any atom is 0.347 e. The molecule has 2 rings (SSSR count). The van der Waals surface area contributed by atoms with Crippen molar-refractivity contribution in [2.24, 2.45) is 0 Å². The van der Waals surface area contributed by atoms with E-state index in [0.29, 0.717) is 22.6 Å². The Balaban J connectivity index is 1.80. The number of ether oxygens (including phenoxy) is 3. The van der Waals surface area contributed by atoms with Gasteiger partial charge in [-0.15, -0.1) is 0 Å². The van der Waals surface area contributed by atoms with Crippen LogP contribution >= 0.6 is 0 Å². The van der Waals surface area contributed by atoms with Crippen molar-refractivity contribution in [3.8, 4) is 11.8 Å². The van der Waals surface area contributed by atoms with Gasteiger partial charge in [0, 0.05) is 5.69 Å². The summed E-state index contributed by atoms with van der Waals surface area (Å²) in [5.41, 5.74) is 1.26. The van der Waals surface area contributed by atoms with Gasteiger partial charge in [0.05, 0.1) is 24.3 Å². The second-order valence-electron chi connectivity index (χ2n) is 5.62. The average molecular weight is 382 g/mol. The van der Waals surface area contributed by atoms with Crippen molar-refractivity contribution in [2.75, 3.05) is 19.0 Å². The molecule has 144 valence electrons. The molecule has 1 amide bonds. The Labute approximate surface area is 161 Å². The highest BCUT2D eigenvalue weighted by Crippen LogP contribution is 2.14. The minimum absolute atomic E-state index is 0.348. The number of carbonyl (C=O) groups is 3. The lowest BCUT2D eigenvalue weighted by atomic mass is 10.2. The van der Waals surface area contributed by atoms with Gasteiger partial charge in [-0.3, -0.25) is 4.79 Å². The number of carbonyl (C=O) groups excluding carboxylic acids is 3. The Morgan fingerprint density at radius 1 is 1.07 bits per heavy atom. The van der Waals surface area contributed by atoms with Crippen LogP contribution in [0, 0.1) is 11.3 Å². The fourth-order valence-corrected chi connectivity index (χ4v) is 2.12. The molecule has 0 radical (unpaired) electrons. The lowest BCUT2D eigenvalue weighted by Gasteiger charge is -2.14. The van der Waals surface area contributed by atoms with Gasteiger partial charge < -0.3 is 19.5 Å². The number of rotatable bonds is 7. The Kier molecular flexibility index (Phi) is 7.11. The van der Waals surface area contributed by atoms with Crippen molar-refractivity contribution in [3.05, 3.63) is 59.7 Å². The Bertz CT molecular complexity index is 884. The summed E-state index contributed by atoms with van der Waals surface area (Å²) in [7, 11) is 1.28. The molecule has 0 aromatic heterocycles. The van der Waals surface area contributed by atoms with Crippen molar-refractivity contribution in [2.45, 2.75) is 13.0 Å². The zero-order chi connectivity index (χ0) is 20.5. The van der Waals surface area contributed by atoms with Crippen LogP contribution in [0.3, 0.4) is 0 Å². The molecule has 8 heteroatoms. The minimum atomic E-state index is -0.930. The van der Waals surface area contributed by atoms with Crippen LogP contribution in [-0.4, -0.2) is 37.7 Å². The second kappa shape index (κ2) is 9.73. The number of methoxy groups -OCH3 is 1. The lowest BCUT2D eigenvalue weighted by molar-refractivity contribution is -0.153. The number of nitriles is 1. The number of amides is 1. The van der Waals surface area contributed by atoms with Gasteiger partial charge >= 0.3 is 11.9 Å². The van der Waals surface area contributed by atoms with Crippen LogP contribution in [0.5, 0.6) is 5.75 Å². The minimum Gasteiger partial charge on any atom is -0.479 e. The summed E-state index contributed by atoms with van der Waals surface area (Å²) in [5.74, 6) is -1.33. The van der Waals surface area contributed by atoms with Crippen molar-refractivity contribution < 1.29 is 28.6 Å². The smallest absolute Gasteiger partial charge is 0.347 e. The summed E-state index contributed by atoms with van der Waals surface area (Å²) in [4.78, 5) is 35.2. The molecule has 0 aliphatic heterocycles. The number of esters is 2. The second-order valence-corrected chi connectivity index (χ2v) is 5.62. The van der Waals surface area contributed by atoms with Gasteiger partial charge in [-0.1, -0.05) is 0 Å². The molecule has 8 nitrogen and oxygen atoms in total. The lowest BCUT2D eigenvalue weighted by Crippen LogP contribution is -2.29. The van der Waals surface area contributed by atoms with E-state index in [-0.39, 0.29) is 0 Å². The zero-order valence-electron chi connectivity index (χ0n) is 15.3. The summed E-state index contributed by atoms with van der Waals surface area (Å²) in [6.45, 7) is 1.00. The molecular formula is C20H18N2O6. The average Bonchev–Trinajstić information content (AvgIpc) is 2.72. The maximum atomic E-state index is 11.9. The fourth-order valence-electron chi connectivity index (χ4n) is 2.12. The molecule has 1 N–H and O–H groups in total. The van der Waals surface area contributed by atoms with Crippen LogP contribution in [0.1, 0.15) is 22.8 Å². The van der Waals surface area contributed by atoms with Crippen LogP contribution in [0.15, 0.2) is 48.5 Å². The van der Waals surface area contributed by atoms with Crippen LogP contribution < -0.4 is 10.1 Å². The summed E-state index contributed by atoms with van der Waals surface area (Å²) in [6.07, 6.45) is -0.930. The van der Waals surface area contributed by atoms with E-state index in [4.69, 9.17) is 14.7 Å². The number of hydrogen-bond donors (Lipinski definition) is 1. The molecule has 28 heavy (non-hydrogen) atoms. The van der Waals surface area contributed by atoms with Gasteiger partial charge in [-0.25, -0.2) is 9.59 Å². The van der Waals surface area contributed by atoms with Gasteiger partial charge in [0.2, 0.25) is 0 Å². The van der Waals surface area contributed by atoms with Crippen molar-refractivity contribution in [1.29, 1.82) is 5.26 Å². The molecule has 0 saturated heterocycles. The Morgan fingerprint density at radius 3 is 2.29 bits per heavy atom. The number of anilines is 1. The molecule has 0 fully saturated rings. The largest absolute Gasteiger partial charge is 0.479 e. The maximum absolute atomic E-state index is 11.9. The molecule has 0 aliphatic carbocycles. The van der Waals surface area contributed by atoms with Gasteiger partial charge in [-0.2, -0.15) is 5.26 Å². The molecule has 2 aromatic rings. The van der Waals surface area contributed by atoms with Gasteiger partial charge in [0.25, 0.3) is 5.91 Å². The van der Waals surface area contributed by atoms with E-state index < -0.39 is 30.6 Å². The van der Waals surface area contributed by atoms with Crippen LogP contribution in [-0.2, 0) is 19.1 Å². The first-order valence-electron chi connectivity index (χ1n) is 8.24. The van der Waals surface area contributed by atoms with E-state index in [2.05, 4.69) is 10.1 Å².